The predicted octanol–water partition coefficient (Wildman–Crippen LogP) is 3.56. The molecule has 3 aromatic rings. The maximum Gasteiger partial charge on any atom is 0.0958 e. The van der Waals surface area contributed by atoms with E-state index in [0.717, 1.165) is 18.5 Å². The molecule has 0 bridgehead atoms. The van der Waals surface area contributed by atoms with Crippen LogP contribution >= 0.6 is 0 Å². The third kappa shape index (κ3) is 2.83. The van der Waals surface area contributed by atoms with Crippen LogP contribution in [0.5, 0.6) is 0 Å². The predicted molar refractivity (Wildman–Crippen MR) is 87.4 cm³/mol. The average Bonchev–Trinajstić information content (AvgIpc) is 2.96. The highest BCUT2D eigenvalue weighted by Gasteiger charge is 2.11. The lowest BCUT2D eigenvalue weighted by Crippen LogP contribution is -2.21. The van der Waals surface area contributed by atoms with Crippen molar-refractivity contribution in [2.45, 2.75) is 25.9 Å². The summed E-state index contributed by atoms with van der Waals surface area (Å²) in [5, 5.41) is 3.41. The van der Waals surface area contributed by atoms with Crippen LogP contribution in [0, 0.1) is 0 Å². The van der Waals surface area contributed by atoms with E-state index in [-0.39, 0.29) is 6.04 Å². The fraction of sp³-hybridized carbons (Fsp3) is 0.278. The summed E-state index contributed by atoms with van der Waals surface area (Å²) in [5.74, 6) is 0. The van der Waals surface area contributed by atoms with E-state index < -0.39 is 0 Å². The van der Waals surface area contributed by atoms with E-state index in [2.05, 4.69) is 64.3 Å². The van der Waals surface area contributed by atoms with Gasteiger partial charge in [0, 0.05) is 12.6 Å². The number of likely N-dealkylation sites (N-methyl/N-ethyl adjacent to an activating group) is 1. The van der Waals surface area contributed by atoms with Gasteiger partial charge in [-0.1, -0.05) is 43.3 Å². The van der Waals surface area contributed by atoms with Crippen molar-refractivity contribution >= 4 is 11.0 Å². The van der Waals surface area contributed by atoms with Crippen molar-refractivity contribution in [2.75, 3.05) is 7.05 Å². The van der Waals surface area contributed by atoms with Crippen molar-refractivity contribution in [2.24, 2.45) is 0 Å². The van der Waals surface area contributed by atoms with E-state index in [4.69, 9.17) is 0 Å². The molecule has 0 aliphatic heterocycles. The molecule has 21 heavy (non-hydrogen) atoms. The molecule has 1 aromatic heterocycles. The summed E-state index contributed by atoms with van der Waals surface area (Å²) < 4.78 is 2.21. The lowest BCUT2D eigenvalue weighted by atomic mass is 10.0. The zero-order valence-electron chi connectivity index (χ0n) is 12.6. The third-order valence-electron chi connectivity index (χ3n) is 4.05. The number of nitrogens with one attached hydrogen (secondary N) is 1. The Bertz CT molecular complexity index is 713. The molecule has 3 nitrogen and oxygen atoms in total. The second kappa shape index (κ2) is 6.10. The highest BCUT2D eigenvalue weighted by Crippen LogP contribution is 2.19. The Kier molecular flexibility index (Phi) is 4.02. The van der Waals surface area contributed by atoms with Crippen molar-refractivity contribution in [3.63, 3.8) is 0 Å². The molecule has 0 fully saturated rings. The molecule has 3 heteroatoms. The van der Waals surface area contributed by atoms with E-state index in [1.54, 1.807) is 0 Å². The second-order valence-electron chi connectivity index (χ2n) is 5.32. The molecule has 0 amide bonds. The number of fused-ring (bicyclic) bond motifs is 1. The minimum absolute atomic E-state index is 0.286. The van der Waals surface area contributed by atoms with E-state index in [1.807, 2.05) is 19.4 Å². The number of nitrogens with zero attached hydrogens (tertiary/aromatic N) is 2. The van der Waals surface area contributed by atoms with Gasteiger partial charge in [0.1, 0.15) is 0 Å². The number of imidazole rings is 1. The Morgan fingerprint density at radius 3 is 2.57 bits per heavy atom. The van der Waals surface area contributed by atoms with Crippen LogP contribution < -0.4 is 5.32 Å². The van der Waals surface area contributed by atoms with Gasteiger partial charge >= 0.3 is 0 Å². The summed E-state index contributed by atoms with van der Waals surface area (Å²) in [6.45, 7) is 3.06. The van der Waals surface area contributed by atoms with Crippen molar-refractivity contribution < 1.29 is 0 Å². The molecule has 1 N–H and O–H groups in total. The zero-order chi connectivity index (χ0) is 14.7. The molecule has 108 valence electrons. The van der Waals surface area contributed by atoms with Gasteiger partial charge in [0.25, 0.3) is 0 Å². The summed E-state index contributed by atoms with van der Waals surface area (Å²) in [5.41, 5.74) is 4.92. The minimum Gasteiger partial charge on any atom is -0.329 e. The number of para-hydroxylation sites is 2. The van der Waals surface area contributed by atoms with Crippen molar-refractivity contribution in [1.82, 2.24) is 14.9 Å². The summed E-state index contributed by atoms with van der Waals surface area (Å²) in [4.78, 5) is 4.46. The Balaban J connectivity index is 1.86. The molecular formula is C18H21N3. The fourth-order valence-corrected chi connectivity index (χ4v) is 2.70. The van der Waals surface area contributed by atoms with E-state index in [1.165, 1.54) is 16.6 Å². The highest BCUT2D eigenvalue weighted by atomic mass is 15.1. The molecule has 1 unspecified atom stereocenters. The van der Waals surface area contributed by atoms with Crippen LogP contribution in [0.4, 0.5) is 0 Å². The quantitative estimate of drug-likeness (QED) is 0.774. The van der Waals surface area contributed by atoms with Gasteiger partial charge in [-0.25, -0.2) is 4.98 Å². The Labute approximate surface area is 125 Å². The van der Waals surface area contributed by atoms with Gasteiger partial charge in [0.05, 0.1) is 17.4 Å². The van der Waals surface area contributed by atoms with Gasteiger partial charge in [-0.3, -0.25) is 0 Å². The van der Waals surface area contributed by atoms with E-state index >= 15 is 0 Å². The molecule has 1 heterocycles. The number of benzene rings is 2. The number of hydrogen-bond acceptors (Lipinski definition) is 2. The summed E-state index contributed by atoms with van der Waals surface area (Å²) in [7, 11) is 2.01. The standard InChI is InChI=1S/C18H21N3/c1-3-14-8-10-15(11-9-14)17(19-2)12-21-13-20-16-6-4-5-7-18(16)21/h4-11,13,17,19H,3,12H2,1-2H3. The van der Waals surface area contributed by atoms with Crippen LogP contribution in [0.1, 0.15) is 24.1 Å². The van der Waals surface area contributed by atoms with Crippen LogP contribution in [0.2, 0.25) is 0 Å². The first-order valence-corrected chi connectivity index (χ1v) is 7.47. The zero-order valence-corrected chi connectivity index (χ0v) is 12.6. The molecule has 3 rings (SSSR count). The van der Waals surface area contributed by atoms with Crippen molar-refractivity contribution in [1.29, 1.82) is 0 Å². The fourth-order valence-electron chi connectivity index (χ4n) is 2.70. The highest BCUT2D eigenvalue weighted by molar-refractivity contribution is 5.74. The van der Waals surface area contributed by atoms with Gasteiger partial charge in [-0.15, -0.1) is 0 Å². The van der Waals surface area contributed by atoms with E-state index in [0.29, 0.717) is 0 Å². The van der Waals surface area contributed by atoms with E-state index in [9.17, 15) is 0 Å². The van der Waals surface area contributed by atoms with Crippen LogP contribution in [0.3, 0.4) is 0 Å². The first-order chi connectivity index (χ1) is 10.3. The maximum atomic E-state index is 4.46. The Hall–Kier alpha value is -2.13. The van der Waals surface area contributed by atoms with Gasteiger partial charge < -0.3 is 9.88 Å². The van der Waals surface area contributed by atoms with Gasteiger partial charge in [0.2, 0.25) is 0 Å². The summed E-state index contributed by atoms with van der Waals surface area (Å²) >= 11 is 0. The van der Waals surface area contributed by atoms with Crippen molar-refractivity contribution in [3.05, 3.63) is 66.0 Å². The normalized spacial score (nSPS) is 12.7. The summed E-state index contributed by atoms with van der Waals surface area (Å²) in [6.07, 6.45) is 3.01. The molecule has 0 saturated heterocycles. The molecule has 0 aliphatic rings. The first kappa shape index (κ1) is 13.8. The molecule has 0 saturated carbocycles. The Morgan fingerprint density at radius 2 is 1.86 bits per heavy atom. The largest absolute Gasteiger partial charge is 0.329 e. The molecule has 0 aliphatic carbocycles. The van der Waals surface area contributed by atoms with Crippen molar-refractivity contribution in [3.8, 4) is 0 Å². The molecule has 1 atom stereocenters. The maximum absolute atomic E-state index is 4.46. The SMILES string of the molecule is CCc1ccc(C(Cn2cnc3ccccc32)NC)cc1. The van der Waals surface area contributed by atoms with Gasteiger partial charge in [0.15, 0.2) is 0 Å². The Morgan fingerprint density at radius 1 is 1.10 bits per heavy atom. The molecular weight excluding hydrogens is 258 g/mol. The van der Waals surface area contributed by atoms with Crippen LogP contribution in [0.15, 0.2) is 54.9 Å². The molecule has 0 radical (unpaired) electrons. The number of hydrogen-bond donors (Lipinski definition) is 1. The van der Waals surface area contributed by atoms with Gasteiger partial charge in [-0.2, -0.15) is 0 Å². The topological polar surface area (TPSA) is 29.9 Å². The molecule has 2 aromatic carbocycles. The monoisotopic (exact) mass is 279 g/mol. The van der Waals surface area contributed by atoms with Gasteiger partial charge in [-0.05, 0) is 36.7 Å². The van der Waals surface area contributed by atoms with Crippen LogP contribution in [-0.2, 0) is 13.0 Å². The number of aromatic nitrogens is 2. The van der Waals surface area contributed by atoms with Crippen LogP contribution in [0.25, 0.3) is 11.0 Å². The lowest BCUT2D eigenvalue weighted by Gasteiger charge is -2.18. The summed E-state index contributed by atoms with van der Waals surface area (Å²) in [6, 6.07) is 17.4. The minimum atomic E-state index is 0.286. The smallest absolute Gasteiger partial charge is 0.0958 e. The second-order valence-corrected chi connectivity index (χ2v) is 5.32. The molecule has 0 spiro atoms. The van der Waals surface area contributed by atoms with Crippen LogP contribution in [-0.4, -0.2) is 16.6 Å². The lowest BCUT2D eigenvalue weighted by molar-refractivity contribution is 0.508. The third-order valence-corrected chi connectivity index (χ3v) is 4.05. The number of aryl methyl sites for hydroxylation is 1. The number of rotatable bonds is 5. The first-order valence-electron chi connectivity index (χ1n) is 7.47. The average molecular weight is 279 g/mol.